The van der Waals surface area contributed by atoms with Gasteiger partial charge in [0.2, 0.25) is 0 Å². The summed E-state index contributed by atoms with van der Waals surface area (Å²) in [5.74, 6) is -0.357. The third-order valence-electron chi connectivity index (χ3n) is 2.79. The van der Waals surface area contributed by atoms with Crippen molar-refractivity contribution in [3.8, 4) is 0 Å². The predicted octanol–water partition coefficient (Wildman–Crippen LogP) is 1.47. The van der Waals surface area contributed by atoms with Gasteiger partial charge in [0.25, 0.3) is 5.91 Å². The molecular weight excluding hydrogens is 322 g/mol. The van der Waals surface area contributed by atoms with Gasteiger partial charge in [-0.15, -0.1) is 0 Å². The Labute approximate surface area is 107 Å². The number of hydrogen-bond donors (Lipinski definition) is 1. The van der Waals surface area contributed by atoms with Crippen LogP contribution in [-0.4, -0.2) is 37.0 Å². The Morgan fingerprint density at radius 1 is 1.56 bits per heavy atom. The predicted molar refractivity (Wildman–Crippen MR) is 67.9 cm³/mol. The Balaban J connectivity index is 2.19. The van der Waals surface area contributed by atoms with E-state index in [4.69, 9.17) is 0 Å². The van der Waals surface area contributed by atoms with Crippen LogP contribution in [0.25, 0.3) is 0 Å². The van der Waals surface area contributed by atoms with Crippen molar-refractivity contribution in [2.75, 3.05) is 20.1 Å². The summed E-state index contributed by atoms with van der Waals surface area (Å²) in [6.07, 6.45) is 0. The van der Waals surface area contributed by atoms with E-state index < -0.39 is 0 Å². The van der Waals surface area contributed by atoms with Crippen LogP contribution in [0.4, 0.5) is 4.39 Å². The summed E-state index contributed by atoms with van der Waals surface area (Å²) < 4.78 is 13.6. The van der Waals surface area contributed by atoms with Gasteiger partial charge >= 0.3 is 0 Å². The number of likely N-dealkylation sites (N-methyl/N-ethyl adjacent to an activating group) is 1. The Hall–Kier alpha value is -0.690. The molecule has 16 heavy (non-hydrogen) atoms. The van der Waals surface area contributed by atoms with Gasteiger partial charge in [-0.1, -0.05) is 0 Å². The molecule has 0 aromatic heterocycles. The Morgan fingerprint density at radius 3 is 2.75 bits per heavy atom. The maximum atomic E-state index is 12.9. The normalized spacial score (nSPS) is 15.7. The fourth-order valence-electron chi connectivity index (χ4n) is 1.57. The molecule has 1 aromatic carbocycles. The topological polar surface area (TPSA) is 32.3 Å². The average molecular weight is 334 g/mol. The first kappa shape index (κ1) is 11.8. The lowest BCUT2D eigenvalue weighted by atomic mass is 10.1. The summed E-state index contributed by atoms with van der Waals surface area (Å²) in [5, 5.41) is 3.12. The lowest BCUT2D eigenvalue weighted by Gasteiger charge is -2.35. The summed E-state index contributed by atoms with van der Waals surface area (Å²) in [6, 6.07) is 4.50. The largest absolute Gasteiger partial charge is 0.336 e. The van der Waals surface area contributed by atoms with E-state index in [0.717, 1.165) is 13.1 Å². The molecule has 0 spiro atoms. The fraction of sp³-hybridized carbons (Fsp3) is 0.364. The van der Waals surface area contributed by atoms with Gasteiger partial charge in [0.15, 0.2) is 0 Å². The smallest absolute Gasteiger partial charge is 0.255 e. The quantitative estimate of drug-likeness (QED) is 0.831. The summed E-state index contributed by atoms with van der Waals surface area (Å²) in [6.45, 7) is 1.67. The van der Waals surface area contributed by atoms with Crippen LogP contribution in [0.1, 0.15) is 10.4 Å². The molecule has 3 nitrogen and oxygen atoms in total. The fourth-order valence-corrected chi connectivity index (χ4v) is 2.27. The molecule has 0 unspecified atom stereocenters. The highest BCUT2D eigenvalue weighted by atomic mass is 127. The lowest BCUT2D eigenvalue weighted by molar-refractivity contribution is 0.0680. The van der Waals surface area contributed by atoms with Crippen molar-refractivity contribution in [1.82, 2.24) is 10.2 Å². The first-order valence-electron chi connectivity index (χ1n) is 5.02. The molecule has 1 N–H and O–H groups in total. The van der Waals surface area contributed by atoms with Crippen LogP contribution in [-0.2, 0) is 0 Å². The zero-order chi connectivity index (χ0) is 11.7. The number of hydrogen-bond acceptors (Lipinski definition) is 2. The van der Waals surface area contributed by atoms with Crippen LogP contribution >= 0.6 is 22.6 Å². The van der Waals surface area contributed by atoms with Crippen molar-refractivity contribution >= 4 is 28.5 Å². The second-order valence-corrected chi connectivity index (χ2v) is 5.01. The minimum atomic E-state index is -0.311. The number of nitrogens with zero attached hydrogens (tertiary/aromatic N) is 1. The number of rotatable bonds is 2. The Bertz CT molecular complexity index is 420. The van der Waals surface area contributed by atoms with E-state index in [-0.39, 0.29) is 17.8 Å². The molecule has 1 aromatic rings. The van der Waals surface area contributed by atoms with Crippen molar-refractivity contribution in [3.63, 3.8) is 0 Å². The van der Waals surface area contributed by atoms with E-state index in [9.17, 15) is 9.18 Å². The van der Waals surface area contributed by atoms with Gasteiger partial charge in [0.1, 0.15) is 5.82 Å². The summed E-state index contributed by atoms with van der Waals surface area (Å²) >= 11 is 1.98. The molecule has 0 saturated carbocycles. The Kier molecular flexibility index (Phi) is 3.44. The number of halogens is 2. The zero-order valence-electron chi connectivity index (χ0n) is 8.84. The number of benzene rings is 1. The van der Waals surface area contributed by atoms with Crippen LogP contribution in [0, 0.1) is 9.39 Å². The molecule has 0 atom stereocenters. The van der Waals surface area contributed by atoms with Gasteiger partial charge in [-0.25, -0.2) is 4.39 Å². The van der Waals surface area contributed by atoms with E-state index in [1.807, 2.05) is 22.6 Å². The highest BCUT2D eigenvalue weighted by Gasteiger charge is 2.26. The molecule has 86 valence electrons. The van der Waals surface area contributed by atoms with E-state index >= 15 is 0 Å². The van der Waals surface area contributed by atoms with Crippen molar-refractivity contribution in [2.45, 2.75) is 6.04 Å². The van der Waals surface area contributed by atoms with Gasteiger partial charge < -0.3 is 10.2 Å². The number of carbonyl (C=O) groups excluding carboxylic acids is 1. The zero-order valence-corrected chi connectivity index (χ0v) is 11.0. The molecule has 0 radical (unpaired) electrons. The first-order valence-corrected chi connectivity index (χ1v) is 6.10. The highest BCUT2D eigenvalue weighted by molar-refractivity contribution is 14.1. The third-order valence-corrected chi connectivity index (χ3v) is 3.68. The van der Waals surface area contributed by atoms with Gasteiger partial charge in [-0.05, 0) is 40.8 Å². The van der Waals surface area contributed by atoms with E-state index in [0.29, 0.717) is 9.13 Å². The van der Waals surface area contributed by atoms with Crippen molar-refractivity contribution in [2.24, 2.45) is 0 Å². The molecule has 1 heterocycles. The Morgan fingerprint density at radius 2 is 2.25 bits per heavy atom. The highest BCUT2D eigenvalue weighted by Crippen LogP contribution is 2.17. The second-order valence-electron chi connectivity index (χ2n) is 3.85. The molecule has 2 rings (SSSR count). The lowest BCUT2D eigenvalue weighted by Crippen LogP contribution is -2.57. The molecule has 0 bridgehead atoms. The second kappa shape index (κ2) is 4.67. The third kappa shape index (κ3) is 2.20. The van der Waals surface area contributed by atoms with Crippen LogP contribution in [0.3, 0.4) is 0 Å². The van der Waals surface area contributed by atoms with Crippen LogP contribution in [0.5, 0.6) is 0 Å². The van der Waals surface area contributed by atoms with Crippen LogP contribution in [0.2, 0.25) is 0 Å². The standard InChI is InChI=1S/C11H12FIN2O/c1-15(8-5-14-6-8)11(16)9-3-2-7(12)4-10(9)13/h2-4,8,14H,5-6H2,1H3. The minimum Gasteiger partial charge on any atom is -0.336 e. The van der Waals surface area contributed by atoms with Crippen molar-refractivity contribution in [3.05, 3.63) is 33.1 Å². The van der Waals surface area contributed by atoms with Gasteiger partial charge in [0, 0.05) is 23.7 Å². The molecule has 1 aliphatic rings. The molecule has 1 amide bonds. The van der Waals surface area contributed by atoms with Crippen LogP contribution < -0.4 is 5.32 Å². The minimum absolute atomic E-state index is 0.0455. The number of amides is 1. The number of carbonyl (C=O) groups is 1. The summed E-state index contributed by atoms with van der Waals surface area (Å²) in [4.78, 5) is 13.8. The van der Waals surface area contributed by atoms with Gasteiger partial charge in [-0.3, -0.25) is 4.79 Å². The van der Waals surface area contributed by atoms with E-state index in [1.165, 1.54) is 12.1 Å². The number of nitrogens with one attached hydrogen (secondary N) is 1. The molecule has 1 saturated heterocycles. The molecular formula is C11H12FIN2O. The first-order chi connectivity index (χ1) is 7.59. The summed E-state index contributed by atoms with van der Waals surface area (Å²) in [5.41, 5.74) is 0.566. The molecule has 1 aliphatic heterocycles. The van der Waals surface area contributed by atoms with Crippen LogP contribution in [0.15, 0.2) is 18.2 Å². The molecule has 0 aliphatic carbocycles. The summed E-state index contributed by atoms with van der Waals surface area (Å²) in [7, 11) is 1.78. The van der Waals surface area contributed by atoms with E-state index in [1.54, 1.807) is 18.0 Å². The molecule has 1 fully saturated rings. The SMILES string of the molecule is CN(C(=O)c1ccc(F)cc1I)C1CNC1. The van der Waals surface area contributed by atoms with E-state index in [2.05, 4.69) is 5.32 Å². The maximum Gasteiger partial charge on any atom is 0.255 e. The average Bonchev–Trinajstić information content (AvgIpc) is 2.14. The van der Waals surface area contributed by atoms with Crippen molar-refractivity contribution in [1.29, 1.82) is 0 Å². The maximum absolute atomic E-state index is 12.9. The van der Waals surface area contributed by atoms with Crippen molar-refractivity contribution < 1.29 is 9.18 Å². The van der Waals surface area contributed by atoms with Gasteiger partial charge in [0.05, 0.1) is 11.6 Å². The monoisotopic (exact) mass is 334 g/mol. The van der Waals surface area contributed by atoms with Gasteiger partial charge in [-0.2, -0.15) is 0 Å². The molecule has 5 heteroatoms.